The molecule has 1 aliphatic rings. The zero-order valence-corrected chi connectivity index (χ0v) is 8.08. The van der Waals surface area contributed by atoms with Crippen LogP contribution < -0.4 is 0 Å². The molecule has 60 valence electrons. The summed E-state index contributed by atoms with van der Waals surface area (Å²) in [6.45, 7) is 3.16. The number of imidazole rings is 1. The van der Waals surface area contributed by atoms with E-state index >= 15 is 0 Å². The van der Waals surface area contributed by atoms with E-state index in [1.54, 1.807) is 0 Å². The van der Waals surface area contributed by atoms with E-state index in [0.717, 1.165) is 18.0 Å². The smallest absolute Gasteiger partial charge is 0.168 e. The van der Waals surface area contributed by atoms with Gasteiger partial charge >= 0.3 is 0 Å². The number of thioether (sulfide) groups is 1. The molecular weight excluding hydrogens is 176 g/mol. The lowest BCUT2D eigenvalue weighted by molar-refractivity contribution is 0.695. The van der Waals surface area contributed by atoms with Crippen LogP contribution in [-0.4, -0.2) is 15.3 Å². The molecule has 0 aromatic carbocycles. The summed E-state index contributed by atoms with van der Waals surface area (Å²) in [6.07, 6.45) is 0. The van der Waals surface area contributed by atoms with Gasteiger partial charge in [-0.2, -0.15) is 12.6 Å². The van der Waals surface area contributed by atoms with Crippen molar-refractivity contribution in [3.8, 4) is 0 Å². The first-order valence-corrected chi connectivity index (χ1v) is 5.24. The van der Waals surface area contributed by atoms with Crippen molar-refractivity contribution < 1.29 is 0 Å². The Morgan fingerprint density at radius 2 is 2.55 bits per heavy atom. The van der Waals surface area contributed by atoms with Gasteiger partial charge < -0.3 is 4.57 Å². The third-order valence-corrected chi connectivity index (χ3v) is 3.19. The Morgan fingerprint density at radius 3 is 3.27 bits per heavy atom. The highest BCUT2D eigenvalue weighted by Gasteiger charge is 2.17. The van der Waals surface area contributed by atoms with Crippen molar-refractivity contribution in [2.75, 3.05) is 5.75 Å². The molecule has 0 aliphatic carbocycles. The number of rotatable bonds is 1. The Morgan fingerprint density at radius 1 is 1.73 bits per heavy atom. The molecule has 1 aliphatic heterocycles. The summed E-state index contributed by atoms with van der Waals surface area (Å²) >= 11 is 6.11. The van der Waals surface area contributed by atoms with Gasteiger partial charge in [0.05, 0.1) is 11.4 Å². The number of thiol groups is 1. The standard InChI is InChI=1S/C7H10N2S2/c1-5-6(4-10)9-2-3-11-7(9)8-5/h10H,2-4H2,1H3. The molecule has 2 rings (SSSR count). The van der Waals surface area contributed by atoms with Crippen molar-refractivity contribution in [1.82, 2.24) is 9.55 Å². The fraction of sp³-hybridized carbons (Fsp3) is 0.571. The van der Waals surface area contributed by atoms with Gasteiger partial charge in [0.25, 0.3) is 0 Å². The quantitative estimate of drug-likeness (QED) is 0.673. The Kier molecular flexibility index (Phi) is 1.89. The first-order chi connectivity index (χ1) is 5.33. The molecule has 0 amide bonds. The minimum absolute atomic E-state index is 0.805. The Balaban J connectivity index is 2.52. The van der Waals surface area contributed by atoms with Crippen LogP contribution in [0.5, 0.6) is 0 Å². The van der Waals surface area contributed by atoms with Crippen LogP contribution in [0.2, 0.25) is 0 Å². The molecular formula is C7H10N2S2. The lowest BCUT2D eigenvalue weighted by atomic mass is 10.4. The monoisotopic (exact) mass is 186 g/mol. The second-order valence-electron chi connectivity index (χ2n) is 2.58. The number of nitrogens with zero attached hydrogens (tertiary/aromatic N) is 2. The van der Waals surface area contributed by atoms with Gasteiger partial charge in [-0.05, 0) is 6.92 Å². The number of aryl methyl sites for hydroxylation is 1. The van der Waals surface area contributed by atoms with Crippen molar-refractivity contribution in [2.24, 2.45) is 0 Å². The molecule has 0 bridgehead atoms. The summed E-state index contributed by atoms with van der Waals surface area (Å²) in [7, 11) is 0. The van der Waals surface area contributed by atoms with Gasteiger partial charge in [0.2, 0.25) is 0 Å². The van der Waals surface area contributed by atoms with Crippen LogP contribution in [0.4, 0.5) is 0 Å². The highest BCUT2D eigenvalue weighted by atomic mass is 32.2. The van der Waals surface area contributed by atoms with Crippen LogP contribution in [0.15, 0.2) is 5.16 Å². The first-order valence-electron chi connectivity index (χ1n) is 3.62. The van der Waals surface area contributed by atoms with Crippen LogP contribution in [0, 0.1) is 6.92 Å². The second-order valence-corrected chi connectivity index (χ2v) is 3.96. The lowest BCUT2D eigenvalue weighted by Gasteiger charge is -1.99. The number of fused-ring (bicyclic) bond motifs is 1. The van der Waals surface area contributed by atoms with Gasteiger partial charge in [-0.15, -0.1) is 0 Å². The molecule has 0 saturated carbocycles. The average Bonchev–Trinajstić information content (AvgIpc) is 2.46. The Hall–Kier alpha value is -0.0900. The Labute approximate surface area is 75.8 Å². The van der Waals surface area contributed by atoms with Gasteiger partial charge in [0, 0.05) is 18.1 Å². The first kappa shape index (κ1) is 7.55. The van der Waals surface area contributed by atoms with E-state index in [2.05, 4.69) is 29.1 Å². The fourth-order valence-electron chi connectivity index (χ4n) is 1.35. The van der Waals surface area contributed by atoms with Crippen molar-refractivity contribution in [2.45, 2.75) is 24.4 Å². The molecule has 4 heteroatoms. The third kappa shape index (κ3) is 1.08. The minimum Gasteiger partial charge on any atom is -0.321 e. The highest BCUT2D eigenvalue weighted by Crippen LogP contribution is 2.28. The Bertz CT molecular complexity index is 280. The zero-order valence-electron chi connectivity index (χ0n) is 6.37. The van der Waals surface area contributed by atoms with Gasteiger partial charge in [-0.3, -0.25) is 0 Å². The van der Waals surface area contributed by atoms with E-state index in [1.165, 1.54) is 16.6 Å². The average molecular weight is 186 g/mol. The summed E-state index contributed by atoms with van der Waals surface area (Å²) in [5.41, 5.74) is 2.43. The number of hydrogen-bond acceptors (Lipinski definition) is 3. The van der Waals surface area contributed by atoms with Gasteiger partial charge in [0.1, 0.15) is 0 Å². The van der Waals surface area contributed by atoms with Crippen LogP contribution in [-0.2, 0) is 12.3 Å². The molecule has 0 unspecified atom stereocenters. The minimum atomic E-state index is 0.805. The molecule has 2 heterocycles. The van der Waals surface area contributed by atoms with Gasteiger partial charge in [0.15, 0.2) is 5.16 Å². The predicted molar refractivity (Wildman–Crippen MR) is 50.4 cm³/mol. The lowest BCUT2D eigenvalue weighted by Crippen LogP contribution is -1.98. The summed E-state index contributed by atoms with van der Waals surface area (Å²) in [4.78, 5) is 4.44. The summed E-state index contributed by atoms with van der Waals surface area (Å²) < 4.78 is 2.27. The van der Waals surface area contributed by atoms with Gasteiger partial charge in [-0.25, -0.2) is 4.98 Å². The maximum atomic E-state index is 4.44. The molecule has 0 spiro atoms. The molecule has 1 aromatic heterocycles. The molecule has 11 heavy (non-hydrogen) atoms. The van der Waals surface area contributed by atoms with Gasteiger partial charge in [-0.1, -0.05) is 11.8 Å². The molecule has 1 aromatic rings. The van der Waals surface area contributed by atoms with Crippen LogP contribution in [0.1, 0.15) is 11.4 Å². The van der Waals surface area contributed by atoms with Crippen molar-refractivity contribution in [3.63, 3.8) is 0 Å². The fourth-order valence-corrected chi connectivity index (χ4v) is 2.76. The number of hydrogen-bond donors (Lipinski definition) is 1. The van der Waals surface area contributed by atoms with Crippen molar-refractivity contribution >= 4 is 24.4 Å². The third-order valence-electron chi connectivity index (χ3n) is 1.93. The molecule has 0 N–H and O–H groups in total. The second kappa shape index (κ2) is 2.75. The molecule has 0 atom stereocenters. The van der Waals surface area contributed by atoms with Crippen LogP contribution in [0.3, 0.4) is 0 Å². The van der Waals surface area contributed by atoms with E-state index in [-0.39, 0.29) is 0 Å². The van der Waals surface area contributed by atoms with Crippen LogP contribution in [0.25, 0.3) is 0 Å². The topological polar surface area (TPSA) is 17.8 Å². The molecule has 0 fully saturated rings. The molecule has 0 saturated heterocycles. The van der Waals surface area contributed by atoms with E-state index in [1.807, 2.05) is 11.8 Å². The number of aromatic nitrogens is 2. The van der Waals surface area contributed by atoms with E-state index in [9.17, 15) is 0 Å². The van der Waals surface area contributed by atoms with Crippen molar-refractivity contribution in [3.05, 3.63) is 11.4 Å². The maximum Gasteiger partial charge on any atom is 0.168 e. The van der Waals surface area contributed by atoms with E-state index < -0.39 is 0 Å². The SMILES string of the molecule is Cc1nc2n(c1CS)CCS2. The molecule has 0 radical (unpaired) electrons. The molecule has 2 nitrogen and oxygen atoms in total. The largest absolute Gasteiger partial charge is 0.321 e. The maximum absolute atomic E-state index is 4.44. The zero-order chi connectivity index (χ0) is 7.84. The normalized spacial score (nSPS) is 15.5. The van der Waals surface area contributed by atoms with E-state index in [4.69, 9.17) is 0 Å². The van der Waals surface area contributed by atoms with Crippen molar-refractivity contribution in [1.29, 1.82) is 0 Å². The summed E-state index contributed by atoms with van der Waals surface area (Å²) in [6, 6.07) is 0. The van der Waals surface area contributed by atoms with Crippen LogP contribution >= 0.6 is 24.4 Å². The summed E-state index contributed by atoms with van der Waals surface area (Å²) in [5.74, 6) is 1.97. The highest BCUT2D eigenvalue weighted by molar-refractivity contribution is 7.99. The predicted octanol–water partition coefficient (Wildman–Crippen LogP) is 1.73. The van der Waals surface area contributed by atoms with E-state index in [0.29, 0.717) is 0 Å². The summed E-state index contributed by atoms with van der Waals surface area (Å²) in [5, 5.41) is 1.17.